The SMILES string of the molecule is CN(C)CCN(C)c1ccc(Nc2ncc(Br)c(Nc3ccc4nccnc4c3P(C)(C)=O)n2)cc1[N+](=O)[O-].CNCCN(C)C.CP(C)(=O)c1c(Nc2nc(Nc3ccc(F)c([N+](=O)[O-])c3)ncc2Br)ccc2nccnc12.O=CO[O-].[H-].[K+].[K+]. The van der Waals surface area contributed by atoms with Gasteiger partial charge in [-0.05, 0) is 142 Å². The minimum Gasteiger partial charge on any atom is -1.00 e. The van der Waals surface area contributed by atoms with Crippen molar-refractivity contribution >= 4 is 149 Å². The summed E-state index contributed by atoms with van der Waals surface area (Å²) in [6.07, 6.45) is 9.30. The van der Waals surface area contributed by atoms with Gasteiger partial charge in [-0.15, -0.1) is 0 Å². The molecule has 0 bridgehead atoms. The van der Waals surface area contributed by atoms with E-state index in [0.29, 0.717) is 82.6 Å². The van der Waals surface area contributed by atoms with Crippen LogP contribution in [0.1, 0.15) is 1.43 Å². The van der Waals surface area contributed by atoms with Crippen LogP contribution in [0.4, 0.5) is 67.7 Å². The van der Waals surface area contributed by atoms with Crippen LogP contribution in [0.5, 0.6) is 0 Å². The van der Waals surface area contributed by atoms with E-state index in [4.69, 9.17) is 10.1 Å². The van der Waals surface area contributed by atoms with Gasteiger partial charge >= 0.3 is 108 Å². The van der Waals surface area contributed by atoms with Crippen LogP contribution >= 0.6 is 46.1 Å². The smallest absolute Gasteiger partial charge is 1.00 e. The summed E-state index contributed by atoms with van der Waals surface area (Å²) in [4.78, 5) is 73.7. The third-order valence-electron chi connectivity index (χ3n) is 11.3. The van der Waals surface area contributed by atoms with Crippen molar-refractivity contribution in [3.8, 4) is 0 Å². The molecule has 0 aliphatic rings. The molecule has 4 aromatic carbocycles. The van der Waals surface area contributed by atoms with Crippen molar-refractivity contribution in [2.75, 3.05) is 121 Å². The molecule has 0 amide bonds. The van der Waals surface area contributed by atoms with Gasteiger partial charge in [0.05, 0.1) is 51.8 Å². The van der Waals surface area contributed by atoms with Crippen molar-refractivity contribution < 1.29 is 143 Å². The van der Waals surface area contributed by atoms with Gasteiger partial charge in [0.2, 0.25) is 17.7 Å². The van der Waals surface area contributed by atoms with Crippen LogP contribution in [-0.4, -0.2) is 161 Å². The largest absolute Gasteiger partial charge is 1.00 e. The van der Waals surface area contributed by atoms with E-state index >= 15 is 0 Å². The van der Waals surface area contributed by atoms with Crippen molar-refractivity contribution in [2.45, 2.75) is 0 Å². The average molecular weight is 1390 g/mol. The number of aromatic nitrogens is 8. The number of fused-ring (bicyclic) bond motifs is 2. The first-order chi connectivity index (χ1) is 39.2. The third kappa shape index (κ3) is 22.5. The van der Waals surface area contributed by atoms with Crippen molar-refractivity contribution in [1.29, 1.82) is 0 Å². The minimum absolute atomic E-state index is 0. The second-order valence-corrected chi connectivity index (χ2v) is 27.0. The number of nitrogens with zero attached hydrogens (tertiary/aromatic N) is 13. The average Bonchev–Trinajstić information content (AvgIpc) is 1.26. The van der Waals surface area contributed by atoms with Gasteiger partial charge in [-0.3, -0.25) is 45.0 Å². The molecule has 27 nitrogen and oxygen atoms in total. The molecule has 8 rings (SSSR count). The Hall–Kier alpha value is -4.55. The van der Waals surface area contributed by atoms with E-state index in [1.807, 2.05) is 38.0 Å². The van der Waals surface area contributed by atoms with E-state index < -0.39 is 35.6 Å². The third-order valence-corrected chi connectivity index (χ3v) is 15.5. The van der Waals surface area contributed by atoms with Gasteiger partial charge in [0.15, 0.2) is 0 Å². The topological polar surface area (TPSA) is 343 Å². The van der Waals surface area contributed by atoms with Gasteiger partial charge in [0, 0.05) is 93.9 Å². The fourth-order valence-corrected chi connectivity index (χ4v) is 10.9. The Kier molecular flexibility index (Phi) is 31.2. The number of likely N-dealkylation sites (N-methyl/N-ethyl adjacent to an activating group) is 4. The fraction of sp³-hybridized carbons (Fsp3) is 0.275. The first-order valence-electron chi connectivity index (χ1n) is 24.6. The Morgan fingerprint density at radius 3 is 1.45 bits per heavy atom. The zero-order valence-electron chi connectivity index (χ0n) is 49.7. The summed E-state index contributed by atoms with van der Waals surface area (Å²) < 4.78 is 41.1. The van der Waals surface area contributed by atoms with Crippen LogP contribution in [0.25, 0.3) is 22.1 Å². The molecule has 0 aliphatic carbocycles. The van der Waals surface area contributed by atoms with Crippen LogP contribution in [0, 0.1) is 26.0 Å². The molecule has 442 valence electrons. The van der Waals surface area contributed by atoms with E-state index in [0.717, 1.165) is 31.8 Å². The van der Waals surface area contributed by atoms with Gasteiger partial charge in [-0.2, -0.15) is 14.4 Å². The summed E-state index contributed by atoms with van der Waals surface area (Å²) in [5.74, 6) is 0.157. The standard InChI is InChI=1S/C25H29BrN9O3P.C20H16BrFN7O3P.C5H14N2.CH2O3.2K.H/c1-33(2)12-13-34(3)20-9-6-16(14-21(20)35(36)37)30-25-29-15-17(26)24(32-25)31-19-8-7-18-22(28-11-10-27-18)23(19)39(4,5)38;1-33(2,32)18-15(6-5-14-17(18)24-8-7-23-14)27-19-12(21)10-25-20(28-19)26-11-3-4-13(22)16(9-11)29(30)31;1-6-4-5-7(2)3;2-1-4-3;;;/h6-11,14-15H,12-13H2,1-5H3,(H2,29,30,31,32);3-10H,1-2H3,(H2,25,26,27,28);6H,4-5H2,1-3H3;1,3H;;;/q;;;;2*+1;-1/p-1. The molecule has 0 unspecified atom stereocenters. The molecule has 4 heterocycles. The molecule has 0 saturated carbocycles. The van der Waals surface area contributed by atoms with Crippen molar-refractivity contribution in [3.05, 3.63) is 133 Å². The minimum atomic E-state index is -2.78. The van der Waals surface area contributed by atoms with E-state index in [1.54, 1.807) is 87.8 Å². The maximum Gasteiger partial charge on any atom is 1.00 e. The van der Waals surface area contributed by atoms with E-state index in [1.165, 1.54) is 24.5 Å². The van der Waals surface area contributed by atoms with Crippen molar-refractivity contribution in [3.63, 3.8) is 0 Å². The maximum absolute atomic E-state index is 13.6. The summed E-state index contributed by atoms with van der Waals surface area (Å²) in [7, 11) is 6.28. The van der Waals surface area contributed by atoms with Crippen molar-refractivity contribution in [1.82, 2.24) is 55.0 Å². The Bertz CT molecular complexity index is 3700. The van der Waals surface area contributed by atoms with Gasteiger partial charge < -0.3 is 62.0 Å². The number of carbonyl (C=O) groups excluding carboxylic acids is 1. The van der Waals surface area contributed by atoms with Gasteiger partial charge in [-0.1, -0.05) is 0 Å². The first kappa shape index (κ1) is 74.7. The number of nitrogens with one attached hydrogen (secondary N) is 5. The summed E-state index contributed by atoms with van der Waals surface area (Å²) in [5.41, 5.74) is 3.99. The number of hydrogen-bond acceptors (Lipinski definition) is 25. The maximum atomic E-state index is 13.6. The van der Waals surface area contributed by atoms with Crippen molar-refractivity contribution in [2.24, 2.45) is 0 Å². The summed E-state index contributed by atoms with van der Waals surface area (Å²) in [6, 6.07) is 15.4. The number of carbonyl (C=O) groups is 1. The molecule has 0 spiro atoms. The molecule has 0 radical (unpaired) electrons. The van der Waals surface area contributed by atoms with Crippen LogP contribution in [0.2, 0.25) is 0 Å². The number of nitro groups is 2. The zero-order chi connectivity index (χ0) is 61.2. The van der Waals surface area contributed by atoms with E-state index in [-0.39, 0.29) is 134 Å². The number of hydrogen-bond donors (Lipinski definition) is 5. The predicted octanol–water partition coefficient (Wildman–Crippen LogP) is 2.11. The number of halogens is 3. The Morgan fingerprint density at radius 2 is 1.06 bits per heavy atom. The summed E-state index contributed by atoms with van der Waals surface area (Å²) >= 11 is 6.86. The molecule has 0 atom stereocenters. The monoisotopic (exact) mass is 1390 g/mol. The molecule has 0 fully saturated rings. The molecule has 4 aromatic heterocycles. The Balaban J connectivity index is 0.000000489. The molecular formula is C51H61Br2FK2N18O9P2. The molecule has 8 aromatic rings. The predicted molar refractivity (Wildman–Crippen MR) is 329 cm³/mol. The van der Waals surface area contributed by atoms with E-state index in [2.05, 4.69) is 122 Å². The van der Waals surface area contributed by atoms with Gasteiger partial charge in [0.1, 0.15) is 42.6 Å². The van der Waals surface area contributed by atoms with Crippen LogP contribution < -0.4 is 150 Å². The molecule has 0 aliphatic heterocycles. The molecular weight excluding hydrogens is 1330 g/mol. The number of anilines is 9. The second kappa shape index (κ2) is 35.4. The van der Waals surface area contributed by atoms with Gasteiger partial charge in [0.25, 0.3) is 12.2 Å². The number of nitro benzene ring substituents is 2. The van der Waals surface area contributed by atoms with Crippen LogP contribution in [-0.2, 0) is 18.8 Å². The number of benzene rings is 4. The Labute approximate surface area is 592 Å². The second-order valence-electron chi connectivity index (χ2n) is 19.0. The van der Waals surface area contributed by atoms with Crippen LogP contribution in [0.3, 0.4) is 0 Å². The zero-order valence-corrected chi connectivity index (χ0v) is 59.9. The van der Waals surface area contributed by atoms with E-state index in [9.17, 15) is 33.7 Å². The summed E-state index contributed by atoms with van der Waals surface area (Å²) in [5, 5.41) is 47.7. The first-order valence-corrected chi connectivity index (χ1v) is 31.4. The summed E-state index contributed by atoms with van der Waals surface area (Å²) in [6.45, 7) is 10.1. The quantitative estimate of drug-likeness (QED) is 0.0182. The van der Waals surface area contributed by atoms with Crippen LogP contribution in [0.15, 0.2) is 107 Å². The molecule has 5 N–H and O–H groups in total. The molecule has 34 heteroatoms. The molecule has 0 saturated heterocycles. The number of rotatable bonds is 20. The Morgan fingerprint density at radius 1 is 0.635 bits per heavy atom. The molecule has 85 heavy (non-hydrogen) atoms. The van der Waals surface area contributed by atoms with Gasteiger partial charge in [-0.25, -0.2) is 9.97 Å². The normalized spacial score (nSPS) is 10.8. The fourth-order valence-electron chi connectivity index (χ4n) is 7.49.